The minimum Gasteiger partial charge on any atom is -0.166 e. The van der Waals surface area contributed by atoms with E-state index in [0.29, 0.717) is 0 Å². The molecule has 0 nitrogen and oxygen atoms in total. The van der Waals surface area contributed by atoms with E-state index in [2.05, 4.69) is 6.58 Å². The highest BCUT2D eigenvalue weighted by molar-refractivity contribution is 5.77. The second kappa shape index (κ2) is 4.92. The van der Waals surface area contributed by atoms with Gasteiger partial charge >= 0.3 is 6.18 Å². The summed E-state index contributed by atoms with van der Waals surface area (Å²) < 4.78 is 37.6. The van der Waals surface area contributed by atoms with Crippen LogP contribution in [0.5, 0.6) is 0 Å². The third-order valence-electron chi connectivity index (χ3n) is 3.03. The highest BCUT2D eigenvalue weighted by Gasteiger charge is 2.30. The molecular formula is C16H13F3. The maximum absolute atomic E-state index is 12.5. The zero-order chi connectivity index (χ0) is 14.0. The molecule has 0 saturated carbocycles. The van der Waals surface area contributed by atoms with Gasteiger partial charge in [-0.05, 0) is 41.3 Å². The molecule has 2 rings (SSSR count). The molecule has 0 aliphatic carbocycles. The highest BCUT2D eigenvalue weighted by Crippen LogP contribution is 2.33. The summed E-state index contributed by atoms with van der Waals surface area (Å²) in [5.74, 6) is 0. The van der Waals surface area contributed by atoms with Crippen LogP contribution in [0, 0.1) is 6.92 Å². The van der Waals surface area contributed by atoms with Crippen LogP contribution in [0.3, 0.4) is 0 Å². The summed E-state index contributed by atoms with van der Waals surface area (Å²) >= 11 is 0. The van der Waals surface area contributed by atoms with Crippen LogP contribution < -0.4 is 0 Å². The van der Waals surface area contributed by atoms with Crippen molar-refractivity contribution in [1.82, 2.24) is 0 Å². The minimum absolute atomic E-state index is 0.634. The molecule has 0 aliphatic heterocycles. The van der Waals surface area contributed by atoms with E-state index in [4.69, 9.17) is 0 Å². The number of hydrogen-bond acceptors (Lipinski definition) is 0. The first-order valence-corrected chi connectivity index (χ1v) is 5.83. The van der Waals surface area contributed by atoms with E-state index >= 15 is 0 Å². The number of aryl methyl sites for hydroxylation is 1. The van der Waals surface area contributed by atoms with Gasteiger partial charge in [0.2, 0.25) is 0 Å². The Hall–Kier alpha value is -2.03. The molecule has 0 N–H and O–H groups in total. The summed E-state index contributed by atoms with van der Waals surface area (Å²) in [6.45, 7) is 5.67. The van der Waals surface area contributed by atoms with Gasteiger partial charge in [0.15, 0.2) is 0 Å². The number of benzene rings is 2. The Balaban J connectivity index is 2.52. The quantitative estimate of drug-likeness (QED) is 0.686. The maximum Gasteiger partial charge on any atom is 0.416 e. The highest BCUT2D eigenvalue weighted by atomic mass is 19.4. The largest absolute Gasteiger partial charge is 0.416 e. The second-order valence-corrected chi connectivity index (χ2v) is 4.32. The van der Waals surface area contributed by atoms with E-state index in [1.807, 2.05) is 25.1 Å². The molecule has 3 heteroatoms. The smallest absolute Gasteiger partial charge is 0.166 e. The average Bonchev–Trinajstić information content (AvgIpc) is 2.37. The van der Waals surface area contributed by atoms with Gasteiger partial charge in [-0.2, -0.15) is 13.2 Å². The number of rotatable bonds is 2. The lowest BCUT2D eigenvalue weighted by atomic mass is 9.94. The van der Waals surface area contributed by atoms with Gasteiger partial charge in [0.05, 0.1) is 5.56 Å². The van der Waals surface area contributed by atoms with Crippen LogP contribution >= 0.6 is 0 Å². The molecule has 2 aromatic rings. The normalized spacial score (nSPS) is 11.4. The van der Waals surface area contributed by atoms with Gasteiger partial charge in [0.1, 0.15) is 0 Å². The van der Waals surface area contributed by atoms with Crippen molar-refractivity contribution in [3.05, 3.63) is 65.7 Å². The van der Waals surface area contributed by atoms with Gasteiger partial charge in [-0.15, -0.1) is 0 Å². The van der Waals surface area contributed by atoms with E-state index in [0.717, 1.165) is 34.4 Å². The van der Waals surface area contributed by atoms with Crippen LogP contribution in [-0.4, -0.2) is 0 Å². The summed E-state index contributed by atoms with van der Waals surface area (Å²) in [7, 11) is 0. The van der Waals surface area contributed by atoms with Gasteiger partial charge in [0.25, 0.3) is 0 Å². The maximum atomic E-state index is 12.5. The van der Waals surface area contributed by atoms with Crippen molar-refractivity contribution in [3.8, 4) is 11.1 Å². The van der Waals surface area contributed by atoms with Crippen molar-refractivity contribution in [3.63, 3.8) is 0 Å². The molecule has 0 aromatic heterocycles. The van der Waals surface area contributed by atoms with Crippen LogP contribution in [-0.2, 0) is 6.18 Å². The first-order chi connectivity index (χ1) is 8.93. The lowest BCUT2D eigenvalue weighted by Gasteiger charge is -2.12. The fourth-order valence-electron chi connectivity index (χ4n) is 2.08. The van der Waals surface area contributed by atoms with E-state index in [1.54, 1.807) is 6.08 Å². The Morgan fingerprint density at radius 3 is 2.16 bits per heavy atom. The summed E-state index contributed by atoms with van der Waals surface area (Å²) in [6.07, 6.45) is -2.59. The lowest BCUT2D eigenvalue weighted by Crippen LogP contribution is -2.04. The minimum atomic E-state index is -4.30. The molecule has 19 heavy (non-hydrogen) atoms. The zero-order valence-electron chi connectivity index (χ0n) is 10.5. The van der Waals surface area contributed by atoms with E-state index in [9.17, 15) is 13.2 Å². The fraction of sp³-hybridized carbons (Fsp3) is 0.125. The first kappa shape index (κ1) is 13.4. The summed E-state index contributed by atoms with van der Waals surface area (Å²) in [5, 5.41) is 0. The fourth-order valence-corrected chi connectivity index (χ4v) is 2.08. The summed E-state index contributed by atoms with van der Waals surface area (Å²) in [4.78, 5) is 0. The molecule has 98 valence electrons. The zero-order valence-corrected chi connectivity index (χ0v) is 10.5. The number of hydrogen-bond donors (Lipinski definition) is 0. The molecule has 2 aromatic carbocycles. The van der Waals surface area contributed by atoms with Crippen molar-refractivity contribution in [2.45, 2.75) is 13.1 Å². The molecule has 0 bridgehead atoms. The van der Waals surface area contributed by atoms with E-state index in [1.165, 1.54) is 12.1 Å². The van der Waals surface area contributed by atoms with Gasteiger partial charge < -0.3 is 0 Å². The predicted octanol–water partition coefficient (Wildman–Crippen LogP) is 5.32. The molecular weight excluding hydrogens is 249 g/mol. The van der Waals surface area contributed by atoms with Crippen molar-refractivity contribution in [2.75, 3.05) is 0 Å². The molecule has 0 amide bonds. The van der Waals surface area contributed by atoms with Crippen molar-refractivity contribution in [1.29, 1.82) is 0 Å². The van der Waals surface area contributed by atoms with Gasteiger partial charge in [-0.3, -0.25) is 0 Å². The third kappa shape index (κ3) is 2.70. The standard InChI is InChI=1S/C16H13F3/c1-3-12-6-4-5-11(2)15(12)13-7-9-14(10-8-13)16(17,18)19/h3-10H,1H2,2H3. The monoisotopic (exact) mass is 262 g/mol. The SMILES string of the molecule is C=Cc1cccc(C)c1-c1ccc(C(F)(F)F)cc1. The topological polar surface area (TPSA) is 0 Å². The Morgan fingerprint density at radius 1 is 1.00 bits per heavy atom. The Bertz CT molecular complexity index is 592. The van der Waals surface area contributed by atoms with Crippen LogP contribution in [0.2, 0.25) is 0 Å². The average molecular weight is 262 g/mol. The lowest BCUT2D eigenvalue weighted by molar-refractivity contribution is -0.137. The molecule has 0 saturated heterocycles. The number of alkyl halides is 3. The van der Waals surface area contributed by atoms with Crippen molar-refractivity contribution < 1.29 is 13.2 Å². The van der Waals surface area contributed by atoms with Crippen LogP contribution in [0.15, 0.2) is 49.0 Å². The van der Waals surface area contributed by atoms with Crippen LogP contribution in [0.1, 0.15) is 16.7 Å². The second-order valence-electron chi connectivity index (χ2n) is 4.32. The third-order valence-corrected chi connectivity index (χ3v) is 3.03. The molecule has 0 radical (unpaired) electrons. The Labute approximate surface area is 110 Å². The number of halogens is 3. The van der Waals surface area contributed by atoms with Crippen molar-refractivity contribution >= 4 is 6.08 Å². The molecule has 0 aliphatic rings. The molecule has 0 fully saturated rings. The first-order valence-electron chi connectivity index (χ1n) is 5.83. The van der Waals surface area contributed by atoms with Gasteiger partial charge in [-0.25, -0.2) is 0 Å². The molecule has 0 unspecified atom stereocenters. The summed E-state index contributed by atoms with van der Waals surface area (Å²) in [6, 6.07) is 10.9. The van der Waals surface area contributed by atoms with Gasteiger partial charge in [-0.1, -0.05) is 43.0 Å². The molecule has 0 heterocycles. The Morgan fingerprint density at radius 2 is 1.63 bits per heavy atom. The van der Waals surface area contributed by atoms with Gasteiger partial charge in [0, 0.05) is 0 Å². The van der Waals surface area contributed by atoms with E-state index < -0.39 is 11.7 Å². The van der Waals surface area contributed by atoms with E-state index in [-0.39, 0.29) is 0 Å². The Kier molecular flexibility index (Phi) is 3.47. The van der Waals surface area contributed by atoms with Crippen LogP contribution in [0.25, 0.3) is 17.2 Å². The molecule has 0 atom stereocenters. The summed E-state index contributed by atoms with van der Waals surface area (Å²) in [5.41, 5.74) is 2.98. The van der Waals surface area contributed by atoms with Crippen LogP contribution in [0.4, 0.5) is 13.2 Å². The molecule has 0 spiro atoms. The predicted molar refractivity (Wildman–Crippen MR) is 71.7 cm³/mol. The van der Waals surface area contributed by atoms with Crippen molar-refractivity contribution in [2.24, 2.45) is 0 Å².